The van der Waals surface area contributed by atoms with E-state index in [1.807, 2.05) is 6.20 Å². The molecule has 0 bridgehead atoms. The second-order valence-electron chi connectivity index (χ2n) is 3.97. The Kier molecular flexibility index (Phi) is 2.07. The van der Waals surface area contributed by atoms with Crippen LogP contribution in [-0.2, 0) is 0 Å². The molecular weight excluding hydrogens is 188 g/mol. The molecule has 2 aromatic rings. The summed E-state index contributed by atoms with van der Waals surface area (Å²) >= 11 is 0. The lowest BCUT2D eigenvalue weighted by atomic mass is 10.2. The third kappa shape index (κ3) is 1.57. The monoisotopic (exact) mass is 202 g/mol. The number of H-pyrrole nitrogens is 1. The Morgan fingerprint density at radius 3 is 3.27 bits per heavy atom. The van der Waals surface area contributed by atoms with E-state index in [0.29, 0.717) is 6.04 Å². The summed E-state index contributed by atoms with van der Waals surface area (Å²) in [6, 6.07) is 6.76. The van der Waals surface area contributed by atoms with E-state index in [4.69, 9.17) is 0 Å². The highest BCUT2D eigenvalue weighted by Gasteiger charge is 2.14. The van der Waals surface area contributed by atoms with Crippen LogP contribution in [0.4, 0.5) is 5.69 Å². The SMILES string of the molecule is c1cc(NC2CCNC2)c2[nH]ncc2c1. The van der Waals surface area contributed by atoms with E-state index in [9.17, 15) is 0 Å². The molecule has 0 aliphatic carbocycles. The lowest BCUT2D eigenvalue weighted by Crippen LogP contribution is -2.22. The minimum absolute atomic E-state index is 0.541. The summed E-state index contributed by atoms with van der Waals surface area (Å²) in [5.41, 5.74) is 2.25. The van der Waals surface area contributed by atoms with Crippen LogP contribution < -0.4 is 10.6 Å². The maximum Gasteiger partial charge on any atom is 0.0881 e. The summed E-state index contributed by atoms with van der Waals surface area (Å²) in [5, 5.41) is 15.1. The lowest BCUT2D eigenvalue weighted by molar-refractivity contribution is 0.794. The Labute approximate surface area is 88.1 Å². The Morgan fingerprint density at radius 1 is 1.40 bits per heavy atom. The van der Waals surface area contributed by atoms with Crippen molar-refractivity contribution in [3.8, 4) is 0 Å². The predicted octanol–water partition coefficient (Wildman–Crippen LogP) is 1.34. The number of rotatable bonds is 2. The standard InChI is InChI=1S/C11H14N4/c1-2-8-6-13-15-11(8)10(3-1)14-9-4-5-12-7-9/h1-3,6,9,12,14H,4-5,7H2,(H,13,15). The van der Waals surface area contributed by atoms with Crippen LogP contribution in [0.1, 0.15) is 6.42 Å². The van der Waals surface area contributed by atoms with Gasteiger partial charge in [-0.15, -0.1) is 0 Å². The molecule has 3 rings (SSSR count). The molecule has 0 saturated carbocycles. The highest BCUT2D eigenvalue weighted by Crippen LogP contribution is 2.21. The molecule has 3 N–H and O–H groups in total. The zero-order chi connectivity index (χ0) is 10.1. The van der Waals surface area contributed by atoms with Gasteiger partial charge in [-0.3, -0.25) is 5.10 Å². The highest BCUT2D eigenvalue weighted by molar-refractivity contribution is 5.90. The van der Waals surface area contributed by atoms with E-state index < -0.39 is 0 Å². The van der Waals surface area contributed by atoms with Gasteiger partial charge in [0.2, 0.25) is 0 Å². The predicted molar refractivity (Wildman–Crippen MR) is 61.0 cm³/mol. The van der Waals surface area contributed by atoms with Crippen LogP contribution in [0.2, 0.25) is 0 Å². The first-order valence-electron chi connectivity index (χ1n) is 5.33. The van der Waals surface area contributed by atoms with Crippen LogP contribution >= 0.6 is 0 Å². The molecule has 4 heteroatoms. The topological polar surface area (TPSA) is 52.7 Å². The fourth-order valence-corrected chi connectivity index (χ4v) is 2.09. The van der Waals surface area contributed by atoms with Gasteiger partial charge in [0.15, 0.2) is 0 Å². The van der Waals surface area contributed by atoms with Gasteiger partial charge in [0, 0.05) is 18.0 Å². The largest absolute Gasteiger partial charge is 0.379 e. The van der Waals surface area contributed by atoms with Gasteiger partial charge >= 0.3 is 0 Å². The third-order valence-electron chi connectivity index (χ3n) is 2.90. The van der Waals surface area contributed by atoms with E-state index in [-0.39, 0.29) is 0 Å². The normalized spacial score (nSPS) is 20.9. The first kappa shape index (κ1) is 8.73. The number of anilines is 1. The number of aromatic amines is 1. The second-order valence-corrected chi connectivity index (χ2v) is 3.97. The number of benzene rings is 1. The Morgan fingerprint density at radius 2 is 2.40 bits per heavy atom. The van der Waals surface area contributed by atoms with Crippen LogP contribution in [-0.4, -0.2) is 29.3 Å². The molecule has 0 amide bonds. The fraction of sp³-hybridized carbons (Fsp3) is 0.364. The molecule has 78 valence electrons. The van der Waals surface area contributed by atoms with E-state index in [1.54, 1.807) is 0 Å². The van der Waals surface area contributed by atoms with Crippen molar-refractivity contribution < 1.29 is 0 Å². The van der Waals surface area contributed by atoms with Crippen molar-refractivity contribution in [3.63, 3.8) is 0 Å². The van der Waals surface area contributed by atoms with Gasteiger partial charge in [0.25, 0.3) is 0 Å². The molecule has 0 radical (unpaired) electrons. The molecule has 2 heterocycles. The van der Waals surface area contributed by atoms with Crippen molar-refractivity contribution in [2.24, 2.45) is 0 Å². The van der Waals surface area contributed by atoms with E-state index in [0.717, 1.165) is 29.7 Å². The van der Waals surface area contributed by atoms with Crippen molar-refractivity contribution in [3.05, 3.63) is 24.4 Å². The van der Waals surface area contributed by atoms with Crippen LogP contribution in [0.5, 0.6) is 0 Å². The smallest absolute Gasteiger partial charge is 0.0881 e. The quantitative estimate of drug-likeness (QED) is 0.688. The fourth-order valence-electron chi connectivity index (χ4n) is 2.09. The van der Waals surface area contributed by atoms with Crippen molar-refractivity contribution >= 4 is 16.6 Å². The minimum atomic E-state index is 0.541. The number of hydrogen-bond donors (Lipinski definition) is 3. The number of fused-ring (bicyclic) bond motifs is 1. The second kappa shape index (κ2) is 3.55. The number of para-hydroxylation sites is 1. The van der Waals surface area contributed by atoms with Gasteiger partial charge in [0.05, 0.1) is 17.4 Å². The average molecular weight is 202 g/mol. The zero-order valence-electron chi connectivity index (χ0n) is 8.46. The van der Waals surface area contributed by atoms with Crippen LogP contribution in [0.25, 0.3) is 10.9 Å². The maximum absolute atomic E-state index is 4.06. The summed E-state index contributed by atoms with van der Waals surface area (Å²) in [4.78, 5) is 0. The Balaban J connectivity index is 1.92. The number of hydrogen-bond acceptors (Lipinski definition) is 3. The van der Waals surface area contributed by atoms with Gasteiger partial charge in [-0.1, -0.05) is 12.1 Å². The summed E-state index contributed by atoms with van der Waals surface area (Å²) in [5.74, 6) is 0. The zero-order valence-corrected chi connectivity index (χ0v) is 8.46. The van der Waals surface area contributed by atoms with E-state index >= 15 is 0 Å². The van der Waals surface area contributed by atoms with Crippen molar-refractivity contribution in [2.45, 2.75) is 12.5 Å². The molecule has 15 heavy (non-hydrogen) atoms. The molecule has 1 saturated heterocycles. The number of aromatic nitrogens is 2. The molecule has 0 spiro atoms. The maximum atomic E-state index is 4.06. The Bertz CT molecular complexity index is 456. The summed E-state index contributed by atoms with van der Waals surface area (Å²) < 4.78 is 0. The van der Waals surface area contributed by atoms with Crippen LogP contribution in [0.15, 0.2) is 24.4 Å². The number of nitrogens with one attached hydrogen (secondary N) is 3. The van der Waals surface area contributed by atoms with Crippen molar-refractivity contribution in [1.82, 2.24) is 15.5 Å². The van der Waals surface area contributed by atoms with Crippen molar-refractivity contribution in [1.29, 1.82) is 0 Å². The molecule has 1 aromatic heterocycles. The third-order valence-corrected chi connectivity index (χ3v) is 2.90. The van der Waals surface area contributed by atoms with Gasteiger partial charge in [-0.25, -0.2) is 0 Å². The molecule has 1 aliphatic heterocycles. The average Bonchev–Trinajstić information content (AvgIpc) is 2.87. The van der Waals surface area contributed by atoms with Gasteiger partial charge in [-0.2, -0.15) is 5.10 Å². The van der Waals surface area contributed by atoms with Gasteiger partial charge in [-0.05, 0) is 19.0 Å². The first-order chi connectivity index (χ1) is 7.43. The Hall–Kier alpha value is -1.55. The molecule has 1 aliphatic rings. The van der Waals surface area contributed by atoms with E-state index in [1.165, 1.54) is 6.42 Å². The first-order valence-corrected chi connectivity index (χ1v) is 5.33. The van der Waals surface area contributed by atoms with Crippen LogP contribution in [0, 0.1) is 0 Å². The molecule has 1 unspecified atom stereocenters. The molecule has 4 nitrogen and oxygen atoms in total. The van der Waals surface area contributed by atoms with Crippen molar-refractivity contribution in [2.75, 3.05) is 18.4 Å². The highest BCUT2D eigenvalue weighted by atomic mass is 15.1. The number of nitrogens with zero attached hydrogens (tertiary/aromatic N) is 1. The molecule has 1 aromatic carbocycles. The van der Waals surface area contributed by atoms with E-state index in [2.05, 4.69) is 39.0 Å². The van der Waals surface area contributed by atoms with Gasteiger partial charge in [0.1, 0.15) is 0 Å². The minimum Gasteiger partial charge on any atom is -0.379 e. The molecule has 1 fully saturated rings. The lowest BCUT2D eigenvalue weighted by Gasteiger charge is -2.13. The van der Waals surface area contributed by atoms with Crippen LogP contribution in [0.3, 0.4) is 0 Å². The summed E-state index contributed by atoms with van der Waals surface area (Å²) in [7, 11) is 0. The molecule has 1 atom stereocenters. The molecular formula is C11H14N4. The summed E-state index contributed by atoms with van der Waals surface area (Å²) in [6.07, 6.45) is 3.04. The summed E-state index contributed by atoms with van der Waals surface area (Å²) in [6.45, 7) is 2.15. The van der Waals surface area contributed by atoms with Gasteiger partial charge < -0.3 is 10.6 Å².